The molecular weight excluding hydrogens is 537 g/mol. The molecule has 9 nitrogen and oxygen atoms in total. The van der Waals surface area contributed by atoms with Crippen LogP contribution in [0.4, 0.5) is 0 Å². The van der Waals surface area contributed by atoms with Crippen LogP contribution in [0, 0.1) is 0 Å². The molecule has 2 saturated carbocycles. The van der Waals surface area contributed by atoms with Crippen molar-refractivity contribution in [2.75, 3.05) is 13.1 Å². The Labute approximate surface area is 245 Å². The molecule has 10 heteroatoms. The van der Waals surface area contributed by atoms with E-state index in [-0.39, 0.29) is 17.1 Å². The van der Waals surface area contributed by atoms with Crippen molar-refractivity contribution in [3.8, 4) is 0 Å². The van der Waals surface area contributed by atoms with Crippen LogP contribution in [0.1, 0.15) is 102 Å². The van der Waals surface area contributed by atoms with Crippen molar-refractivity contribution >= 4 is 11.9 Å². The van der Waals surface area contributed by atoms with Crippen LogP contribution in [0.3, 0.4) is 0 Å². The molecular formula is C29H51MnN5O4. The Bertz CT molecular complexity index is 754. The molecule has 0 unspecified atom stereocenters. The number of hydrogen-bond donors (Lipinski definition) is 6. The normalized spacial score (nSPS) is 25.2. The van der Waals surface area contributed by atoms with E-state index >= 15 is 0 Å². The van der Waals surface area contributed by atoms with Crippen LogP contribution in [0.5, 0.6) is 0 Å². The van der Waals surface area contributed by atoms with Crippen molar-refractivity contribution in [2.45, 2.75) is 128 Å². The van der Waals surface area contributed by atoms with Gasteiger partial charge in [-0.25, -0.2) is 0 Å². The zero-order valence-electron chi connectivity index (χ0n) is 23.9. The first-order valence-electron chi connectivity index (χ1n) is 14.7. The van der Waals surface area contributed by atoms with E-state index in [0.717, 1.165) is 39.0 Å². The smallest absolute Gasteiger partial charge is 0.303 e. The van der Waals surface area contributed by atoms with Gasteiger partial charge in [-0.3, -0.25) is 14.6 Å². The van der Waals surface area contributed by atoms with Crippen LogP contribution in [0.2, 0.25) is 0 Å². The average molecular weight is 589 g/mol. The SMILES string of the molecule is CCCC(=O)O.CCCC(=O)O.[Mn].c1cc2nc(c1)CN[C@@H]1CCCC[C@H]1NCCN[C@@H]1CCCC[C@H]1NC2. The van der Waals surface area contributed by atoms with Crippen LogP contribution in [0.25, 0.3) is 0 Å². The molecule has 1 radical (unpaired) electrons. The molecule has 2 bridgehead atoms. The first-order chi connectivity index (χ1) is 18.4. The Morgan fingerprint density at radius 2 is 1.08 bits per heavy atom. The molecule has 2 heterocycles. The molecule has 2 fully saturated rings. The minimum Gasteiger partial charge on any atom is -0.481 e. The molecule has 1 aromatic heterocycles. The Balaban J connectivity index is 0.000000494. The number of aromatic nitrogens is 1. The maximum absolute atomic E-state index is 9.60. The molecule has 4 atom stereocenters. The first kappa shape index (κ1) is 35.5. The summed E-state index contributed by atoms with van der Waals surface area (Å²) in [6.07, 6.45) is 12.6. The van der Waals surface area contributed by atoms with Crippen molar-refractivity contribution in [1.82, 2.24) is 26.3 Å². The Kier molecular flexibility index (Phi) is 19.3. The molecule has 6 N–H and O–H groups in total. The maximum atomic E-state index is 9.60. The summed E-state index contributed by atoms with van der Waals surface area (Å²) in [5.74, 6) is -1.42. The van der Waals surface area contributed by atoms with E-state index < -0.39 is 11.9 Å². The van der Waals surface area contributed by atoms with E-state index in [2.05, 4.69) is 39.5 Å². The van der Waals surface area contributed by atoms with Gasteiger partial charge in [-0.15, -0.1) is 0 Å². The van der Waals surface area contributed by atoms with Gasteiger partial charge >= 0.3 is 11.9 Å². The summed E-state index contributed by atoms with van der Waals surface area (Å²) in [7, 11) is 0. The summed E-state index contributed by atoms with van der Waals surface area (Å²) in [5, 5.41) is 31.0. The van der Waals surface area contributed by atoms with Crippen LogP contribution in [-0.2, 0) is 39.7 Å². The second-order valence-electron chi connectivity index (χ2n) is 10.6. The van der Waals surface area contributed by atoms with Gasteiger partial charge in [-0.2, -0.15) is 0 Å². The third kappa shape index (κ3) is 15.1. The maximum Gasteiger partial charge on any atom is 0.303 e. The van der Waals surface area contributed by atoms with Gasteiger partial charge in [-0.1, -0.05) is 45.6 Å². The standard InChI is InChI=1S/C21H35N5.2C4H8O2.Mn/c1-3-10-20-18(8-1)22-12-13-23-19-9-2-4-11-21(19)25-15-17-7-5-6-16(26-17)14-24-20;2*1-2-3-4(5)6;/h5-7,18-25H,1-4,8-15H2;2*2-3H2,1H3,(H,5,6);/t18-,19-,20-,21-;;;/m1.../s1. The van der Waals surface area contributed by atoms with E-state index in [4.69, 9.17) is 15.2 Å². The predicted octanol–water partition coefficient (Wildman–Crippen LogP) is 3.82. The number of aliphatic carboxylic acids is 2. The summed E-state index contributed by atoms with van der Waals surface area (Å²) in [6.45, 7) is 7.57. The van der Waals surface area contributed by atoms with Crippen molar-refractivity contribution in [2.24, 2.45) is 0 Å². The van der Waals surface area contributed by atoms with Gasteiger partial charge in [0.2, 0.25) is 0 Å². The van der Waals surface area contributed by atoms with Gasteiger partial charge in [0.1, 0.15) is 0 Å². The molecule has 2 aliphatic carbocycles. The number of carboxylic acid groups (broad SMARTS) is 2. The number of carbonyl (C=O) groups is 2. The number of hydrogen-bond acceptors (Lipinski definition) is 7. The quantitative estimate of drug-likeness (QED) is 0.290. The third-order valence-electron chi connectivity index (χ3n) is 7.35. The second kappa shape index (κ2) is 21.2. The largest absolute Gasteiger partial charge is 0.481 e. The van der Waals surface area contributed by atoms with Crippen molar-refractivity contribution < 1.29 is 36.9 Å². The third-order valence-corrected chi connectivity index (χ3v) is 7.35. The monoisotopic (exact) mass is 588 g/mol. The minimum absolute atomic E-state index is 0. The van der Waals surface area contributed by atoms with Gasteiger partial charge in [0.05, 0.1) is 11.4 Å². The van der Waals surface area contributed by atoms with Crippen molar-refractivity contribution in [3.05, 3.63) is 29.6 Å². The zero-order valence-corrected chi connectivity index (χ0v) is 25.1. The van der Waals surface area contributed by atoms with Gasteiger partial charge in [0.15, 0.2) is 0 Å². The fourth-order valence-electron chi connectivity index (χ4n) is 5.38. The topological polar surface area (TPSA) is 136 Å². The summed E-state index contributed by atoms with van der Waals surface area (Å²) in [5.41, 5.74) is 2.34. The molecule has 3 aliphatic rings. The summed E-state index contributed by atoms with van der Waals surface area (Å²) in [4.78, 5) is 24.1. The molecule has 0 aromatic carbocycles. The fraction of sp³-hybridized carbons (Fsp3) is 0.759. The number of nitrogens with one attached hydrogen (secondary N) is 4. The second-order valence-corrected chi connectivity index (χ2v) is 10.6. The number of fused-ring (bicyclic) bond motifs is 4. The Morgan fingerprint density at radius 1 is 0.718 bits per heavy atom. The number of nitrogens with zero attached hydrogens (tertiary/aromatic N) is 1. The summed E-state index contributed by atoms with van der Waals surface area (Å²) >= 11 is 0. The van der Waals surface area contributed by atoms with Crippen LogP contribution in [-0.4, -0.2) is 64.4 Å². The fourth-order valence-corrected chi connectivity index (χ4v) is 5.38. The molecule has 39 heavy (non-hydrogen) atoms. The van der Waals surface area contributed by atoms with Crippen molar-refractivity contribution in [3.63, 3.8) is 0 Å². The summed E-state index contributed by atoms with van der Waals surface area (Å²) in [6, 6.07) is 8.81. The molecule has 0 spiro atoms. The predicted molar refractivity (Wildman–Crippen MR) is 151 cm³/mol. The van der Waals surface area contributed by atoms with Gasteiger partial charge in [-0.05, 0) is 50.7 Å². The Hall–Kier alpha value is -1.55. The Morgan fingerprint density at radius 3 is 1.38 bits per heavy atom. The van der Waals surface area contributed by atoms with Gasteiger partial charge < -0.3 is 31.5 Å². The van der Waals surface area contributed by atoms with Crippen molar-refractivity contribution in [1.29, 1.82) is 0 Å². The van der Waals surface area contributed by atoms with E-state index in [1.54, 1.807) is 0 Å². The average Bonchev–Trinajstić information content (AvgIpc) is 2.90. The molecule has 1 aliphatic heterocycles. The first-order valence-corrected chi connectivity index (χ1v) is 14.7. The molecule has 0 saturated heterocycles. The van der Waals surface area contributed by atoms with E-state index in [9.17, 15) is 9.59 Å². The summed E-state index contributed by atoms with van der Waals surface area (Å²) < 4.78 is 0. The molecule has 223 valence electrons. The van der Waals surface area contributed by atoms with E-state index in [0.29, 0.717) is 37.0 Å². The number of pyridine rings is 1. The molecule has 0 amide bonds. The van der Waals surface area contributed by atoms with Crippen LogP contribution in [0.15, 0.2) is 18.2 Å². The zero-order chi connectivity index (χ0) is 27.6. The molecule has 1 aromatic rings. The molecule has 4 rings (SSSR count). The van der Waals surface area contributed by atoms with Crippen LogP contribution >= 0.6 is 0 Å². The number of carboxylic acids is 2. The van der Waals surface area contributed by atoms with E-state index in [1.165, 1.54) is 62.8 Å². The van der Waals surface area contributed by atoms with Gasteiger partial charge in [0.25, 0.3) is 0 Å². The number of rotatable bonds is 4. The minimum atomic E-state index is -0.711. The van der Waals surface area contributed by atoms with E-state index in [1.807, 2.05) is 13.8 Å². The van der Waals surface area contributed by atoms with Crippen LogP contribution < -0.4 is 21.3 Å². The van der Waals surface area contributed by atoms with Gasteiger partial charge in [0, 0.05) is 80.3 Å².